The number of hydrogen-bond donors (Lipinski definition) is 2. The third kappa shape index (κ3) is 5.35. The van der Waals surface area contributed by atoms with Gasteiger partial charge in [-0.25, -0.2) is 0 Å². The summed E-state index contributed by atoms with van der Waals surface area (Å²) in [5.74, 6) is 2.45. The fraction of sp³-hybridized carbons (Fsp3) is 0.550. The molecule has 1 saturated heterocycles. The zero-order valence-electron chi connectivity index (χ0n) is 15.8. The van der Waals surface area contributed by atoms with Crippen molar-refractivity contribution in [3.63, 3.8) is 0 Å². The largest absolute Gasteiger partial charge is 0.468 e. The summed E-state index contributed by atoms with van der Waals surface area (Å²) in [6, 6.07) is 8.63. The van der Waals surface area contributed by atoms with Gasteiger partial charge >= 0.3 is 0 Å². The molecule has 0 spiro atoms. The SMILES string of the molecule is CN=C(NCC(C)Cc1cccs1)NCC(c1ccco1)N1CCCC1. The fourth-order valence-corrected chi connectivity index (χ4v) is 4.34. The lowest BCUT2D eigenvalue weighted by Crippen LogP contribution is -2.43. The van der Waals surface area contributed by atoms with Crippen molar-refractivity contribution >= 4 is 17.3 Å². The zero-order valence-corrected chi connectivity index (χ0v) is 16.6. The highest BCUT2D eigenvalue weighted by molar-refractivity contribution is 7.09. The third-order valence-corrected chi connectivity index (χ3v) is 5.79. The molecule has 0 radical (unpaired) electrons. The van der Waals surface area contributed by atoms with Crippen molar-refractivity contribution in [1.82, 2.24) is 15.5 Å². The van der Waals surface area contributed by atoms with Crippen molar-refractivity contribution in [1.29, 1.82) is 0 Å². The number of guanidine groups is 1. The molecule has 142 valence electrons. The van der Waals surface area contributed by atoms with E-state index in [2.05, 4.69) is 51.0 Å². The normalized spacial score (nSPS) is 18.0. The highest BCUT2D eigenvalue weighted by Gasteiger charge is 2.25. The standard InChI is InChI=1S/C20H30N4OS/c1-16(13-17-7-6-12-26-17)14-22-20(21-2)23-15-18(19-8-5-11-25-19)24-9-3-4-10-24/h5-8,11-12,16,18H,3-4,9-10,13-15H2,1-2H3,(H2,21,22,23). The average molecular weight is 375 g/mol. The van der Waals surface area contributed by atoms with E-state index < -0.39 is 0 Å². The summed E-state index contributed by atoms with van der Waals surface area (Å²) in [5, 5.41) is 9.10. The Bertz CT molecular complexity index is 647. The van der Waals surface area contributed by atoms with Crippen LogP contribution in [0.4, 0.5) is 0 Å². The number of likely N-dealkylation sites (tertiary alicyclic amines) is 1. The van der Waals surface area contributed by atoms with Crippen LogP contribution in [0.2, 0.25) is 0 Å². The van der Waals surface area contributed by atoms with Gasteiger partial charge in [-0.2, -0.15) is 0 Å². The van der Waals surface area contributed by atoms with E-state index in [4.69, 9.17) is 4.42 Å². The molecule has 1 fully saturated rings. The highest BCUT2D eigenvalue weighted by atomic mass is 32.1. The monoisotopic (exact) mass is 374 g/mol. The minimum absolute atomic E-state index is 0.259. The highest BCUT2D eigenvalue weighted by Crippen LogP contribution is 2.24. The maximum Gasteiger partial charge on any atom is 0.191 e. The molecule has 1 aliphatic rings. The van der Waals surface area contributed by atoms with E-state index in [1.165, 1.54) is 17.7 Å². The van der Waals surface area contributed by atoms with E-state index in [0.717, 1.165) is 44.3 Å². The van der Waals surface area contributed by atoms with Gasteiger partial charge in [0.25, 0.3) is 0 Å². The molecule has 2 aromatic rings. The van der Waals surface area contributed by atoms with E-state index in [1.54, 1.807) is 6.26 Å². The quantitative estimate of drug-likeness (QED) is 0.548. The Morgan fingerprint density at radius 1 is 1.23 bits per heavy atom. The van der Waals surface area contributed by atoms with Crippen molar-refractivity contribution in [2.45, 2.75) is 32.2 Å². The lowest BCUT2D eigenvalue weighted by atomic mass is 10.1. The summed E-state index contributed by atoms with van der Waals surface area (Å²) in [4.78, 5) is 8.32. The summed E-state index contributed by atoms with van der Waals surface area (Å²) in [5.41, 5.74) is 0. The van der Waals surface area contributed by atoms with Crippen molar-refractivity contribution in [3.05, 3.63) is 46.5 Å². The number of aliphatic imine (C=N–C) groups is 1. The smallest absolute Gasteiger partial charge is 0.191 e. The second-order valence-electron chi connectivity index (χ2n) is 7.00. The second-order valence-corrected chi connectivity index (χ2v) is 8.03. The van der Waals surface area contributed by atoms with Gasteiger partial charge in [-0.1, -0.05) is 13.0 Å². The Kier molecular flexibility index (Phi) is 7.14. The van der Waals surface area contributed by atoms with Crippen molar-refractivity contribution in [3.8, 4) is 0 Å². The molecular formula is C20H30N4OS. The van der Waals surface area contributed by atoms with Gasteiger partial charge < -0.3 is 15.1 Å². The van der Waals surface area contributed by atoms with Crippen LogP contribution >= 0.6 is 11.3 Å². The molecule has 0 aromatic carbocycles. The van der Waals surface area contributed by atoms with Gasteiger partial charge in [0.05, 0.1) is 12.3 Å². The van der Waals surface area contributed by atoms with Crippen molar-refractivity contribution in [2.24, 2.45) is 10.9 Å². The molecule has 1 aliphatic heterocycles. The molecule has 0 saturated carbocycles. The predicted molar refractivity (Wildman–Crippen MR) is 109 cm³/mol. The van der Waals surface area contributed by atoms with Crippen LogP contribution in [-0.2, 0) is 6.42 Å². The van der Waals surface area contributed by atoms with Crippen LogP contribution in [0, 0.1) is 5.92 Å². The average Bonchev–Trinajstić information content (AvgIpc) is 3.41. The Hall–Kier alpha value is -1.79. The maximum atomic E-state index is 5.69. The summed E-state index contributed by atoms with van der Waals surface area (Å²) < 4.78 is 5.69. The zero-order chi connectivity index (χ0) is 18.2. The van der Waals surface area contributed by atoms with Crippen LogP contribution in [0.5, 0.6) is 0 Å². The molecule has 5 nitrogen and oxygen atoms in total. The van der Waals surface area contributed by atoms with E-state index in [0.29, 0.717) is 5.92 Å². The summed E-state index contributed by atoms with van der Waals surface area (Å²) in [7, 11) is 1.83. The Morgan fingerprint density at radius 2 is 2.04 bits per heavy atom. The minimum atomic E-state index is 0.259. The first-order chi connectivity index (χ1) is 12.8. The number of nitrogens with one attached hydrogen (secondary N) is 2. The molecule has 2 atom stereocenters. The molecule has 0 bridgehead atoms. The number of hydrogen-bond acceptors (Lipinski definition) is 4. The number of thiophene rings is 1. The first-order valence-corrected chi connectivity index (χ1v) is 10.4. The van der Waals surface area contributed by atoms with Crippen molar-refractivity contribution in [2.75, 3.05) is 33.2 Å². The fourth-order valence-electron chi connectivity index (χ4n) is 3.47. The molecule has 3 heterocycles. The van der Waals surface area contributed by atoms with Crippen LogP contribution in [0.15, 0.2) is 45.3 Å². The molecule has 0 amide bonds. The molecule has 6 heteroatoms. The second kappa shape index (κ2) is 9.78. The number of rotatable bonds is 8. The summed E-state index contributed by atoms with van der Waals surface area (Å²) in [6.07, 6.45) is 5.40. The Balaban J connectivity index is 1.48. The van der Waals surface area contributed by atoms with Gasteiger partial charge in [0.15, 0.2) is 5.96 Å². The molecule has 2 unspecified atom stereocenters. The Labute approximate surface area is 160 Å². The first kappa shape index (κ1) is 19.0. The van der Waals surface area contributed by atoms with Gasteiger partial charge in [-0.15, -0.1) is 11.3 Å². The van der Waals surface area contributed by atoms with Crippen LogP contribution in [0.3, 0.4) is 0 Å². The topological polar surface area (TPSA) is 52.8 Å². The molecule has 2 aromatic heterocycles. The van der Waals surface area contributed by atoms with Gasteiger partial charge in [-0.05, 0) is 61.8 Å². The molecule has 26 heavy (non-hydrogen) atoms. The van der Waals surface area contributed by atoms with Crippen LogP contribution < -0.4 is 10.6 Å². The van der Waals surface area contributed by atoms with E-state index in [1.807, 2.05) is 24.5 Å². The number of furan rings is 1. The molecule has 0 aliphatic carbocycles. The minimum Gasteiger partial charge on any atom is -0.468 e. The van der Waals surface area contributed by atoms with Crippen LogP contribution in [0.25, 0.3) is 0 Å². The third-order valence-electron chi connectivity index (χ3n) is 4.89. The van der Waals surface area contributed by atoms with Crippen LogP contribution in [-0.4, -0.2) is 44.1 Å². The van der Waals surface area contributed by atoms with Crippen molar-refractivity contribution < 1.29 is 4.42 Å². The van der Waals surface area contributed by atoms with E-state index >= 15 is 0 Å². The number of nitrogens with zero attached hydrogens (tertiary/aromatic N) is 2. The summed E-state index contributed by atoms with van der Waals surface area (Å²) in [6.45, 7) is 6.25. The van der Waals surface area contributed by atoms with Crippen LogP contribution in [0.1, 0.15) is 36.4 Å². The molecular weight excluding hydrogens is 344 g/mol. The van der Waals surface area contributed by atoms with E-state index in [-0.39, 0.29) is 6.04 Å². The first-order valence-electron chi connectivity index (χ1n) is 9.50. The summed E-state index contributed by atoms with van der Waals surface area (Å²) >= 11 is 1.83. The maximum absolute atomic E-state index is 5.69. The lowest BCUT2D eigenvalue weighted by Gasteiger charge is -2.27. The van der Waals surface area contributed by atoms with Gasteiger partial charge in [0, 0.05) is 25.0 Å². The Morgan fingerprint density at radius 3 is 2.69 bits per heavy atom. The van der Waals surface area contributed by atoms with Gasteiger partial charge in [-0.3, -0.25) is 9.89 Å². The lowest BCUT2D eigenvalue weighted by molar-refractivity contribution is 0.215. The van der Waals surface area contributed by atoms with E-state index in [9.17, 15) is 0 Å². The molecule has 2 N–H and O–H groups in total. The van der Waals surface area contributed by atoms with Gasteiger partial charge in [0.2, 0.25) is 0 Å². The van der Waals surface area contributed by atoms with Gasteiger partial charge in [0.1, 0.15) is 5.76 Å². The predicted octanol–water partition coefficient (Wildman–Crippen LogP) is 3.52. The molecule has 3 rings (SSSR count).